The number of hydrogen-bond acceptors (Lipinski definition) is 6. The Kier molecular flexibility index (Phi) is 7.35. The van der Waals surface area contributed by atoms with E-state index in [-0.39, 0.29) is 17.0 Å². The molecule has 0 fully saturated rings. The third kappa shape index (κ3) is 6.03. The molecule has 8 nitrogen and oxygen atoms in total. The molecule has 2 aromatic carbocycles. The molecule has 0 aliphatic rings. The average Bonchev–Trinajstić information content (AvgIpc) is 2.68. The van der Waals surface area contributed by atoms with Gasteiger partial charge in [-0.25, -0.2) is 12.7 Å². The Morgan fingerprint density at radius 3 is 2.34 bits per heavy atom. The van der Waals surface area contributed by atoms with Gasteiger partial charge >= 0.3 is 5.97 Å². The third-order valence-corrected chi connectivity index (χ3v) is 5.88. The molecule has 0 unspecified atom stereocenters. The SMILES string of the molecule is COc1ccc(CC(=O)O[C@H](C)C(=O)Nc2cccc(S(=O)(=O)N(C)C)c2)cc1. The standard InChI is InChI=1S/C20H24N2O6S/c1-14(28-19(23)12-15-8-10-17(27-4)11-9-15)20(24)21-16-6-5-7-18(13-16)29(25,26)22(2)3/h5-11,13-14H,12H2,1-4H3,(H,21,24)/t14-/m1/s1. The number of ether oxygens (including phenoxy) is 2. The predicted molar refractivity (Wildman–Crippen MR) is 108 cm³/mol. The van der Waals surface area contributed by atoms with Gasteiger partial charge in [0.1, 0.15) is 5.75 Å². The van der Waals surface area contributed by atoms with E-state index in [2.05, 4.69) is 5.32 Å². The zero-order valence-corrected chi connectivity index (χ0v) is 17.5. The third-order valence-electron chi connectivity index (χ3n) is 4.07. The first-order valence-corrected chi connectivity index (χ1v) is 10.2. The Morgan fingerprint density at radius 1 is 1.10 bits per heavy atom. The number of methoxy groups -OCH3 is 1. The maximum Gasteiger partial charge on any atom is 0.311 e. The number of amides is 1. The molecule has 2 rings (SSSR count). The summed E-state index contributed by atoms with van der Waals surface area (Å²) >= 11 is 0. The number of nitrogens with zero attached hydrogens (tertiary/aromatic N) is 1. The highest BCUT2D eigenvalue weighted by Gasteiger charge is 2.20. The quantitative estimate of drug-likeness (QED) is 0.656. The smallest absolute Gasteiger partial charge is 0.311 e. The maximum absolute atomic E-state index is 12.3. The lowest BCUT2D eigenvalue weighted by Crippen LogP contribution is -2.30. The Bertz CT molecular complexity index is 971. The second-order valence-electron chi connectivity index (χ2n) is 6.46. The van der Waals surface area contributed by atoms with E-state index in [0.717, 1.165) is 9.87 Å². The molecule has 0 bridgehead atoms. The summed E-state index contributed by atoms with van der Waals surface area (Å²) in [5, 5.41) is 2.56. The van der Waals surface area contributed by atoms with E-state index in [1.54, 1.807) is 37.4 Å². The molecule has 29 heavy (non-hydrogen) atoms. The minimum Gasteiger partial charge on any atom is -0.497 e. The van der Waals surface area contributed by atoms with E-state index in [1.807, 2.05) is 0 Å². The van der Waals surface area contributed by atoms with Crippen molar-refractivity contribution < 1.29 is 27.5 Å². The van der Waals surface area contributed by atoms with Crippen molar-refractivity contribution in [3.8, 4) is 5.75 Å². The zero-order valence-electron chi connectivity index (χ0n) is 16.7. The van der Waals surface area contributed by atoms with Gasteiger partial charge in [-0.05, 0) is 42.8 Å². The second kappa shape index (κ2) is 9.53. The number of hydrogen-bond donors (Lipinski definition) is 1. The highest BCUT2D eigenvalue weighted by molar-refractivity contribution is 7.89. The van der Waals surface area contributed by atoms with E-state index < -0.39 is 28.0 Å². The molecular formula is C20H24N2O6S. The number of rotatable bonds is 8. The number of carbonyl (C=O) groups excluding carboxylic acids is 2. The summed E-state index contributed by atoms with van der Waals surface area (Å²) in [7, 11) is 0.768. The maximum atomic E-state index is 12.3. The van der Waals surface area contributed by atoms with Crippen LogP contribution in [0.25, 0.3) is 0 Å². The molecule has 0 radical (unpaired) electrons. The van der Waals surface area contributed by atoms with Crippen LogP contribution in [0.4, 0.5) is 5.69 Å². The van der Waals surface area contributed by atoms with Gasteiger partial charge in [-0.15, -0.1) is 0 Å². The summed E-state index contributed by atoms with van der Waals surface area (Å²) in [6.07, 6.45) is -1.03. The van der Waals surface area contributed by atoms with Crippen LogP contribution >= 0.6 is 0 Å². The van der Waals surface area contributed by atoms with Gasteiger partial charge in [0, 0.05) is 19.8 Å². The van der Waals surface area contributed by atoms with Crippen LogP contribution in [0, 0.1) is 0 Å². The molecule has 0 heterocycles. The summed E-state index contributed by atoms with van der Waals surface area (Å²) in [6, 6.07) is 12.8. The highest BCUT2D eigenvalue weighted by atomic mass is 32.2. The molecule has 0 saturated carbocycles. The van der Waals surface area contributed by atoms with Gasteiger partial charge in [-0.2, -0.15) is 0 Å². The highest BCUT2D eigenvalue weighted by Crippen LogP contribution is 2.18. The Morgan fingerprint density at radius 2 is 1.76 bits per heavy atom. The summed E-state index contributed by atoms with van der Waals surface area (Å²) in [4.78, 5) is 24.4. The minimum absolute atomic E-state index is 0.0121. The second-order valence-corrected chi connectivity index (χ2v) is 8.61. The average molecular weight is 420 g/mol. The van der Waals surface area contributed by atoms with Gasteiger partial charge in [-0.3, -0.25) is 9.59 Å². The molecule has 9 heteroatoms. The van der Waals surface area contributed by atoms with Crippen LogP contribution in [-0.2, 0) is 30.8 Å². The summed E-state index contributed by atoms with van der Waals surface area (Å²) in [5.74, 6) is -0.442. The molecule has 0 saturated heterocycles. The zero-order chi connectivity index (χ0) is 21.6. The van der Waals surface area contributed by atoms with Crippen molar-refractivity contribution in [3.05, 3.63) is 54.1 Å². The number of benzene rings is 2. The van der Waals surface area contributed by atoms with Crippen molar-refractivity contribution in [1.82, 2.24) is 4.31 Å². The van der Waals surface area contributed by atoms with Crippen molar-refractivity contribution in [3.63, 3.8) is 0 Å². The molecule has 156 valence electrons. The van der Waals surface area contributed by atoms with Crippen molar-refractivity contribution in [2.75, 3.05) is 26.5 Å². The fourth-order valence-corrected chi connectivity index (χ4v) is 3.34. The molecule has 0 aromatic heterocycles. The van der Waals surface area contributed by atoms with Crippen molar-refractivity contribution in [2.24, 2.45) is 0 Å². The monoisotopic (exact) mass is 420 g/mol. The van der Waals surface area contributed by atoms with Gasteiger partial charge in [-0.1, -0.05) is 18.2 Å². The molecule has 0 aliphatic heterocycles. The largest absolute Gasteiger partial charge is 0.497 e. The van der Waals surface area contributed by atoms with Gasteiger partial charge in [0.05, 0.1) is 18.4 Å². The molecule has 1 N–H and O–H groups in total. The van der Waals surface area contributed by atoms with Crippen molar-refractivity contribution >= 4 is 27.6 Å². The van der Waals surface area contributed by atoms with Crippen LogP contribution in [0.3, 0.4) is 0 Å². The lowest BCUT2D eigenvalue weighted by Gasteiger charge is -2.15. The number of carbonyl (C=O) groups is 2. The lowest BCUT2D eigenvalue weighted by molar-refractivity contribution is -0.152. The fourth-order valence-electron chi connectivity index (χ4n) is 2.39. The normalized spacial score (nSPS) is 12.3. The van der Waals surface area contributed by atoms with Crippen LogP contribution in [0.1, 0.15) is 12.5 Å². The fraction of sp³-hybridized carbons (Fsp3) is 0.300. The number of esters is 1. The van der Waals surface area contributed by atoms with Crippen molar-refractivity contribution in [2.45, 2.75) is 24.3 Å². The molecule has 2 aromatic rings. The van der Waals surface area contributed by atoms with Crippen LogP contribution in [0.15, 0.2) is 53.4 Å². The van der Waals surface area contributed by atoms with Crippen LogP contribution in [0.2, 0.25) is 0 Å². The first-order valence-electron chi connectivity index (χ1n) is 8.79. The van der Waals surface area contributed by atoms with Gasteiger partial charge in [0.25, 0.3) is 5.91 Å². The summed E-state index contributed by atoms with van der Waals surface area (Å²) in [6.45, 7) is 1.45. The molecule has 1 atom stereocenters. The van der Waals surface area contributed by atoms with Crippen molar-refractivity contribution in [1.29, 1.82) is 0 Å². The molecule has 1 amide bonds. The molecule has 0 aliphatic carbocycles. The van der Waals surface area contributed by atoms with E-state index in [0.29, 0.717) is 5.75 Å². The van der Waals surface area contributed by atoms with Gasteiger partial charge in [0.2, 0.25) is 10.0 Å². The van der Waals surface area contributed by atoms with Crippen LogP contribution in [-0.4, -0.2) is 51.9 Å². The molecule has 0 spiro atoms. The predicted octanol–water partition coefficient (Wildman–Crippen LogP) is 2.06. The number of nitrogens with one attached hydrogen (secondary N) is 1. The Balaban J connectivity index is 1.97. The van der Waals surface area contributed by atoms with Crippen LogP contribution in [0.5, 0.6) is 5.75 Å². The number of sulfonamides is 1. The van der Waals surface area contributed by atoms with E-state index >= 15 is 0 Å². The molecular weight excluding hydrogens is 396 g/mol. The van der Waals surface area contributed by atoms with Gasteiger partial charge < -0.3 is 14.8 Å². The van der Waals surface area contributed by atoms with E-state index in [1.165, 1.54) is 39.2 Å². The topological polar surface area (TPSA) is 102 Å². The first kappa shape index (κ1) is 22.4. The summed E-state index contributed by atoms with van der Waals surface area (Å²) in [5.41, 5.74) is 1.01. The number of anilines is 1. The minimum atomic E-state index is -3.63. The lowest BCUT2D eigenvalue weighted by atomic mass is 10.1. The van der Waals surface area contributed by atoms with E-state index in [9.17, 15) is 18.0 Å². The summed E-state index contributed by atoms with van der Waals surface area (Å²) < 4.78 is 35.7. The van der Waals surface area contributed by atoms with Crippen LogP contribution < -0.4 is 10.1 Å². The van der Waals surface area contributed by atoms with E-state index in [4.69, 9.17) is 9.47 Å². The van der Waals surface area contributed by atoms with Gasteiger partial charge in [0.15, 0.2) is 6.10 Å². The first-order chi connectivity index (χ1) is 13.6. The Labute approximate surface area is 170 Å². The Hall–Kier alpha value is -2.91.